The van der Waals surface area contributed by atoms with E-state index in [4.69, 9.17) is 9.47 Å². The smallest absolute Gasteiger partial charge is 0.162 e. The van der Waals surface area contributed by atoms with Crippen LogP contribution in [0.4, 0.5) is 13.2 Å². The third kappa shape index (κ3) is 4.98. The van der Waals surface area contributed by atoms with Crippen molar-refractivity contribution in [1.29, 1.82) is 0 Å². The summed E-state index contributed by atoms with van der Waals surface area (Å²) >= 11 is 0. The molecule has 0 bridgehead atoms. The molecule has 3 rings (SSSR count). The summed E-state index contributed by atoms with van der Waals surface area (Å²) in [5.41, 5.74) is -0.635. The molecule has 0 spiro atoms. The molecule has 2 nitrogen and oxygen atoms in total. The fourth-order valence-corrected chi connectivity index (χ4v) is 4.39. The molecule has 1 saturated carbocycles. The lowest BCUT2D eigenvalue weighted by molar-refractivity contribution is -0.236. The summed E-state index contributed by atoms with van der Waals surface area (Å²) in [4.78, 5) is 0. The lowest BCUT2D eigenvalue weighted by atomic mass is 9.78. The van der Waals surface area contributed by atoms with Crippen molar-refractivity contribution in [2.45, 2.75) is 76.2 Å². The first-order valence-corrected chi connectivity index (χ1v) is 10.5. The van der Waals surface area contributed by atoms with Crippen molar-refractivity contribution >= 4 is 0 Å². The number of allylic oxidation sites excluding steroid dienone is 1. The summed E-state index contributed by atoms with van der Waals surface area (Å²) < 4.78 is 54.5. The van der Waals surface area contributed by atoms with Crippen LogP contribution in [0.25, 0.3) is 0 Å². The molecule has 2 fully saturated rings. The highest BCUT2D eigenvalue weighted by atomic mass is 19.2. The van der Waals surface area contributed by atoms with E-state index in [-0.39, 0.29) is 19.1 Å². The average Bonchev–Trinajstić information content (AvgIpc) is 2.71. The van der Waals surface area contributed by atoms with Gasteiger partial charge >= 0.3 is 0 Å². The van der Waals surface area contributed by atoms with Crippen molar-refractivity contribution in [3.8, 4) is 0 Å². The van der Waals surface area contributed by atoms with Crippen molar-refractivity contribution in [3.63, 3.8) is 0 Å². The Balaban J connectivity index is 1.56. The Morgan fingerprint density at radius 1 is 1.11 bits per heavy atom. The van der Waals surface area contributed by atoms with E-state index >= 15 is 0 Å². The summed E-state index contributed by atoms with van der Waals surface area (Å²) in [6.07, 6.45) is 6.85. The molecule has 0 amide bonds. The first-order chi connectivity index (χ1) is 13.5. The molecular formula is C23H31F3O2. The van der Waals surface area contributed by atoms with E-state index in [0.29, 0.717) is 36.3 Å². The minimum absolute atomic E-state index is 0.00529. The number of hydrogen-bond donors (Lipinski definition) is 0. The molecule has 0 unspecified atom stereocenters. The number of alkyl halides is 1. The summed E-state index contributed by atoms with van der Waals surface area (Å²) in [6.45, 7) is 5.73. The molecule has 156 valence electrons. The number of ether oxygens (including phenoxy) is 2. The van der Waals surface area contributed by atoms with Crippen molar-refractivity contribution in [3.05, 3.63) is 47.5 Å². The third-order valence-corrected chi connectivity index (χ3v) is 6.14. The summed E-state index contributed by atoms with van der Waals surface area (Å²) in [6, 6.07) is 3.40. The molecule has 1 aliphatic carbocycles. The zero-order chi connectivity index (χ0) is 20.1. The molecule has 1 heterocycles. The van der Waals surface area contributed by atoms with Gasteiger partial charge in [0.1, 0.15) is 0 Å². The van der Waals surface area contributed by atoms with Crippen LogP contribution < -0.4 is 0 Å². The molecule has 1 saturated heterocycles. The Morgan fingerprint density at radius 3 is 2.39 bits per heavy atom. The van der Waals surface area contributed by atoms with Gasteiger partial charge in [-0.3, -0.25) is 0 Å². The van der Waals surface area contributed by atoms with Crippen molar-refractivity contribution in [2.24, 2.45) is 5.92 Å². The molecular weight excluding hydrogens is 365 g/mol. The van der Waals surface area contributed by atoms with Crippen LogP contribution in [0.15, 0.2) is 24.8 Å². The van der Waals surface area contributed by atoms with Gasteiger partial charge in [-0.1, -0.05) is 31.6 Å². The van der Waals surface area contributed by atoms with Crippen LogP contribution in [-0.2, 0) is 15.9 Å². The second kappa shape index (κ2) is 9.45. The second-order valence-corrected chi connectivity index (χ2v) is 8.28. The molecule has 0 atom stereocenters. The predicted molar refractivity (Wildman–Crippen MR) is 104 cm³/mol. The summed E-state index contributed by atoms with van der Waals surface area (Å²) in [7, 11) is 0. The molecule has 28 heavy (non-hydrogen) atoms. The van der Waals surface area contributed by atoms with E-state index in [1.807, 2.05) is 13.0 Å². The maximum absolute atomic E-state index is 14.7. The second-order valence-electron chi connectivity index (χ2n) is 8.28. The topological polar surface area (TPSA) is 18.5 Å². The van der Waals surface area contributed by atoms with Gasteiger partial charge in [0.25, 0.3) is 0 Å². The van der Waals surface area contributed by atoms with Crippen LogP contribution in [-0.4, -0.2) is 25.2 Å². The van der Waals surface area contributed by atoms with Gasteiger partial charge in [0.05, 0.1) is 13.2 Å². The SMILES string of the molecule is C=CC1CCC(c2ccc(CCC3OCC(F)(CCC)CO3)c(F)c2F)CC1. The van der Waals surface area contributed by atoms with Gasteiger partial charge in [0.2, 0.25) is 0 Å². The number of hydrogen-bond acceptors (Lipinski definition) is 2. The van der Waals surface area contributed by atoms with Crippen LogP contribution in [0.5, 0.6) is 0 Å². The minimum Gasteiger partial charge on any atom is -0.349 e. The van der Waals surface area contributed by atoms with Crippen LogP contribution in [0.3, 0.4) is 0 Å². The number of benzene rings is 1. The van der Waals surface area contributed by atoms with Gasteiger partial charge < -0.3 is 9.47 Å². The van der Waals surface area contributed by atoms with E-state index in [2.05, 4.69) is 6.58 Å². The highest BCUT2D eigenvalue weighted by molar-refractivity contribution is 5.29. The molecule has 1 aromatic carbocycles. The highest BCUT2D eigenvalue weighted by Gasteiger charge is 2.36. The van der Waals surface area contributed by atoms with Gasteiger partial charge in [-0.15, -0.1) is 6.58 Å². The molecule has 5 heteroatoms. The Labute approximate surface area is 166 Å². The number of rotatable bonds is 7. The van der Waals surface area contributed by atoms with E-state index in [9.17, 15) is 13.2 Å². The average molecular weight is 396 g/mol. The molecule has 1 aliphatic heterocycles. The van der Waals surface area contributed by atoms with Crippen molar-refractivity contribution in [1.82, 2.24) is 0 Å². The van der Waals surface area contributed by atoms with E-state index in [0.717, 1.165) is 32.1 Å². The standard InChI is InChI=1S/C23H31F3O2/c1-3-13-23(26)14-27-20(28-15-23)12-10-18-9-11-19(22(25)21(18)24)17-7-5-16(4-2)6-8-17/h4,9,11,16-17,20H,2-3,5-8,10,12-15H2,1H3. The predicted octanol–water partition coefficient (Wildman–Crippen LogP) is 6.24. The van der Waals surface area contributed by atoms with Crippen molar-refractivity contribution < 1.29 is 22.6 Å². The van der Waals surface area contributed by atoms with Gasteiger partial charge in [0, 0.05) is 6.42 Å². The van der Waals surface area contributed by atoms with E-state index in [1.54, 1.807) is 12.1 Å². The Hall–Kier alpha value is -1.33. The molecule has 2 aliphatic rings. The Bertz CT molecular complexity index is 660. The molecule has 0 radical (unpaired) electrons. The van der Waals surface area contributed by atoms with Crippen molar-refractivity contribution in [2.75, 3.05) is 13.2 Å². The minimum atomic E-state index is -1.44. The zero-order valence-electron chi connectivity index (χ0n) is 16.7. The first-order valence-electron chi connectivity index (χ1n) is 10.5. The first kappa shape index (κ1) is 21.4. The van der Waals surface area contributed by atoms with Gasteiger partial charge in [-0.05, 0) is 61.5 Å². The van der Waals surface area contributed by atoms with Crippen LogP contribution in [0.1, 0.15) is 68.9 Å². The maximum Gasteiger partial charge on any atom is 0.162 e. The molecule has 0 aromatic heterocycles. The van der Waals surface area contributed by atoms with E-state index in [1.165, 1.54) is 0 Å². The summed E-state index contributed by atoms with van der Waals surface area (Å²) in [5, 5.41) is 0. The maximum atomic E-state index is 14.7. The highest BCUT2D eigenvalue weighted by Crippen LogP contribution is 2.38. The van der Waals surface area contributed by atoms with E-state index < -0.39 is 23.6 Å². The lowest BCUT2D eigenvalue weighted by Gasteiger charge is -2.34. The summed E-state index contributed by atoms with van der Waals surface area (Å²) in [5.74, 6) is -0.943. The number of halogens is 3. The van der Waals surface area contributed by atoms with Crippen LogP contribution in [0, 0.1) is 17.6 Å². The normalized spacial score (nSPS) is 30.9. The van der Waals surface area contributed by atoms with Gasteiger partial charge in [-0.2, -0.15) is 0 Å². The van der Waals surface area contributed by atoms with Crippen LogP contribution in [0.2, 0.25) is 0 Å². The van der Waals surface area contributed by atoms with Gasteiger partial charge in [-0.25, -0.2) is 13.2 Å². The Kier molecular flexibility index (Phi) is 7.21. The zero-order valence-corrected chi connectivity index (χ0v) is 16.7. The monoisotopic (exact) mass is 396 g/mol. The fraction of sp³-hybridized carbons (Fsp3) is 0.652. The molecule has 1 aromatic rings. The quantitative estimate of drug-likeness (QED) is 0.508. The lowest BCUT2D eigenvalue weighted by Crippen LogP contribution is -2.44. The Morgan fingerprint density at radius 2 is 1.79 bits per heavy atom. The fourth-order valence-electron chi connectivity index (χ4n) is 4.39. The number of aryl methyl sites for hydroxylation is 1. The largest absolute Gasteiger partial charge is 0.349 e. The van der Waals surface area contributed by atoms with Gasteiger partial charge in [0.15, 0.2) is 23.6 Å². The molecule has 0 N–H and O–H groups in total. The van der Waals surface area contributed by atoms with Crippen LogP contribution >= 0.6 is 0 Å². The third-order valence-electron chi connectivity index (χ3n) is 6.14.